The van der Waals surface area contributed by atoms with Crippen LogP contribution in [-0.2, 0) is 9.59 Å². The fourth-order valence-corrected chi connectivity index (χ4v) is 3.32. The molecule has 1 aliphatic heterocycles. The van der Waals surface area contributed by atoms with Gasteiger partial charge in [0.2, 0.25) is 0 Å². The second kappa shape index (κ2) is 6.34. The van der Waals surface area contributed by atoms with E-state index in [2.05, 4.69) is 0 Å². The second-order valence-electron chi connectivity index (χ2n) is 4.75. The molecule has 0 bridgehead atoms. The van der Waals surface area contributed by atoms with Gasteiger partial charge in [0.25, 0.3) is 5.91 Å². The van der Waals surface area contributed by atoms with Gasteiger partial charge in [-0.05, 0) is 38.1 Å². The highest BCUT2D eigenvalue weighted by Crippen LogP contribution is 2.30. The number of aliphatic carboxylic acids is 1. The van der Waals surface area contributed by atoms with Gasteiger partial charge in [0.15, 0.2) is 6.10 Å². The van der Waals surface area contributed by atoms with Crippen LogP contribution in [-0.4, -0.2) is 45.2 Å². The number of carboxylic acid groups (broad SMARTS) is 1. The quantitative estimate of drug-likeness (QED) is 0.920. The molecule has 5 nitrogen and oxygen atoms in total. The van der Waals surface area contributed by atoms with Crippen molar-refractivity contribution in [2.24, 2.45) is 0 Å². The summed E-state index contributed by atoms with van der Waals surface area (Å²) in [6.45, 7) is 3.34. The molecule has 0 spiro atoms. The van der Waals surface area contributed by atoms with Crippen molar-refractivity contribution < 1.29 is 23.8 Å². The minimum absolute atomic E-state index is 0.210. The molecule has 1 amide bonds. The zero-order valence-electron chi connectivity index (χ0n) is 11.7. The van der Waals surface area contributed by atoms with Crippen molar-refractivity contribution in [3.63, 3.8) is 0 Å². The van der Waals surface area contributed by atoms with Crippen molar-refractivity contribution in [1.29, 1.82) is 0 Å². The van der Waals surface area contributed by atoms with Crippen LogP contribution in [0.5, 0.6) is 5.75 Å². The third-order valence-corrected chi connectivity index (χ3v) is 4.45. The fraction of sp³-hybridized carbons (Fsp3) is 0.429. The van der Waals surface area contributed by atoms with Crippen molar-refractivity contribution in [3.8, 4) is 5.75 Å². The molecule has 1 aliphatic rings. The Morgan fingerprint density at radius 1 is 1.43 bits per heavy atom. The molecule has 2 rings (SSSR count). The van der Waals surface area contributed by atoms with E-state index in [1.165, 1.54) is 40.9 Å². The number of halogens is 1. The number of carbonyl (C=O) groups excluding carboxylic acids is 1. The van der Waals surface area contributed by atoms with Crippen molar-refractivity contribution in [1.82, 2.24) is 4.90 Å². The first-order valence-electron chi connectivity index (χ1n) is 6.49. The molecule has 0 radical (unpaired) electrons. The summed E-state index contributed by atoms with van der Waals surface area (Å²) in [6.07, 6.45) is -0.835. The molecule has 1 aromatic rings. The largest absolute Gasteiger partial charge is 0.481 e. The maximum absolute atomic E-state index is 12.8. The van der Waals surface area contributed by atoms with Crippen LogP contribution in [0.15, 0.2) is 24.3 Å². The van der Waals surface area contributed by atoms with Gasteiger partial charge in [-0.15, -0.1) is 11.8 Å². The van der Waals surface area contributed by atoms with E-state index in [1.807, 2.05) is 0 Å². The first-order chi connectivity index (χ1) is 9.90. The van der Waals surface area contributed by atoms with Crippen molar-refractivity contribution >= 4 is 23.6 Å². The molecule has 1 N–H and O–H groups in total. The first-order valence-corrected chi connectivity index (χ1v) is 7.54. The Kier molecular flexibility index (Phi) is 4.72. The van der Waals surface area contributed by atoms with Crippen molar-refractivity contribution in [2.45, 2.75) is 31.4 Å². The number of nitrogens with zero attached hydrogens (tertiary/aromatic N) is 1. The number of ether oxygens (including phenoxy) is 1. The van der Waals surface area contributed by atoms with Crippen LogP contribution in [0.25, 0.3) is 0 Å². The van der Waals surface area contributed by atoms with E-state index < -0.39 is 23.9 Å². The Morgan fingerprint density at radius 2 is 2.05 bits per heavy atom. The summed E-state index contributed by atoms with van der Waals surface area (Å²) in [6, 6.07) is 4.49. The van der Waals surface area contributed by atoms with E-state index in [9.17, 15) is 14.0 Å². The van der Waals surface area contributed by atoms with Crippen molar-refractivity contribution in [2.75, 3.05) is 5.75 Å². The number of carboxylic acids is 1. The van der Waals surface area contributed by atoms with Crippen LogP contribution in [0, 0.1) is 5.82 Å². The molecule has 1 fully saturated rings. The average molecular weight is 313 g/mol. The maximum Gasteiger partial charge on any atom is 0.327 e. The van der Waals surface area contributed by atoms with Gasteiger partial charge in [-0.25, -0.2) is 9.18 Å². The van der Waals surface area contributed by atoms with E-state index in [1.54, 1.807) is 13.8 Å². The number of rotatable bonds is 4. The number of carbonyl (C=O) groups is 2. The lowest BCUT2D eigenvalue weighted by atomic mass is 10.2. The zero-order valence-corrected chi connectivity index (χ0v) is 12.5. The van der Waals surface area contributed by atoms with Gasteiger partial charge >= 0.3 is 5.97 Å². The molecular formula is C14H16FNO4S. The summed E-state index contributed by atoms with van der Waals surface area (Å²) < 4.78 is 18.3. The Bertz CT molecular complexity index is 536. The number of thioether (sulfide) groups is 1. The molecule has 21 heavy (non-hydrogen) atoms. The third-order valence-electron chi connectivity index (χ3n) is 3.24. The molecule has 1 aromatic carbocycles. The Balaban J connectivity index is 2.07. The highest BCUT2D eigenvalue weighted by Gasteiger charge is 2.41. The Morgan fingerprint density at radius 3 is 2.62 bits per heavy atom. The van der Waals surface area contributed by atoms with E-state index in [-0.39, 0.29) is 11.3 Å². The van der Waals surface area contributed by atoms with Gasteiger partial charge in [-0.1, -0.05) is 0 Å². The fourth-order valence-electron chi connectivity index (χ4n) is 2.15. The lowest BCUT2D eigenvalue weighted by molar-refractivity contribution is -0.151. The predicted molar refractivity (Wildman–Crippen MR) is 76.7 cm³/mol. The molecule has 0 aliphatic carbocycles. The summed E-state index contributed by atoms with van der Waals surface area (Å²) in [5, 5.41) is 8.95. The molecule has 0 saturated carbocycles. The molecular weight excluding hydrogens is 297 g/mol. The number of hydrogen-bond acceptors (Lipinski definition) is 4. The van der Waals surface area contributed by atoms with Crippen LogP contribution in [0.2, 0.25) is 0 Å². The van der Waals surface area contributed by atoms with Crippen LogP contribution >= 0.6 is 11.8 Å². The highest BCUT2D eigenvalue weighted by molar-refractivity contribution is 8.00. The second-order valence-corrected chi connectivity index (χ2v) is 6.10. The summed E-state index contributed by atoms with van der Waals surface area (Å²) in [7, 11) is 0. The number of benzene rings is 1. The molecule has 7 heteroatoms. The monoisotopic (exact) mass is 313 g/mol. The smallest absolute Gasteiger partial charge is 0.327 e. The normalized spacial score (nSPS) is 22.9. The maximum atomic E-state index is 12.8. The van der Waals surface area contributed by atoms with E-state index in [0.29, 0.717) is 11.5 Å². The van der Waals surface area contributed by atoms with Crippen LogP contribution in [0.4, 0.5) is 4.39 Å². The SMILES string of the molecule is CC(Oc1ccc(F)cc1)C(=O)N1C(C)SCC1C(=O)O. The minimum Gasteiger partial charge on any atom is -0.481 e. The number of amides is 1. The molecule has 0 aromatic heterocycles. The summed E-state index contributed by atoms with van der Waals surface area (Å²) in [5.41, 5.74) is 0. The topological polar surface area (TPSA) is 66.8 Å². The third kappa shape index (κ3) is 3.47. The van der Waals surface area contributed by atoms with Crippen LogP contribution < -0.4 is 4.74 Å². The predicted octanol–water partition coefficient (Wildman–Crippen LogP) is 1.97. The van der Waals surface area contributed by atoms with Crippen LogP contribution in [0.3, 0.4) is 0 Å². The Labute approximate surface area is 126 Å². The lowest BCUT2D eigenvalue weighted by Gasteiger charge is -2.28. The minimum atomic E-state index is -1.02. The molecule has 3 atom stereocenters. The standard InChI is InChI=1S/C14H16FNO4S/c1-8(20-11-5-3-10(15)4-6-11)13(17)16-9(2)21-7-12(16)14(18)19/h3-6,8-9,12H,7H2,1-2H3,(H,18,19). The molecule has 114 valence electrons. The number of hydrogen-bond donors (Lipinski definition) is 1. The van der Waals surface area contributed by atoms with Gasteiger partial charge in [-0.2, -0.15) is 0 Å². The van der Waals surface area contributed by atoms with Gasteiger partial charge in [-0.3, -0.25) is 4.79 Å². The van der Waals surface area contributed by atoms with Gasteiger partial charge in [0.1, 0.15) is 17.6 Å². The van der Waals surface area contributed by atoms with Gasteiger partial charge in [0.05, 0.1) is 5.37 Å². The van der Waals surface area contributed by atoms with E-state index in [0.717, 1.165) is 0 Å². The van der Waals surface area contributed by atoms with Crippen LogP contribution in [0.1, 0.15) is 13.8 Å². The lowest BCUT2D eigenvalue weighted by Crippen LogP contribution is -2.49. The van der Waals surface area contributed by atoms with E-state index in [4.69, 9.17) is 9.84 Å². The highest BCUT2D eigenvalue weighted by atomic mass is 32.2. The summed E-state index contributed by atoms with van der Waals surface area (Å²) in [5.74, 6) is -1.07. The first kappa shape index (κ1) is 15.6. The average Bonchev–Trinajstić information content (AvgIpc) is 2.82. The zero-order chi connectivity index (χ0) is 15.6. The van der Waals surface area contributed by atoms with Crippen molar-refractivity contribution in [3.05, 3.63) is 30.1 Å². The summed E-state index contributed by atoms with van der Waals surface area (Å²) >= 11 is 1.41. The Hall–Kier alpha value is -1.76. The van der Waals surface area contributed by atoms with E-state index >= 15 is 0 Å². The molecule has 3 unspecified atom stereocenters. The molecule has 1 heterocycles. The van der Waals surface area contributed by atoms with Gasteiger partial charge < -0.3 is 14.7 Å². The molecule has 1 saturated heterocycles. The van der Waals surface area contributed by atoms with Gasteiger partial charge in [0, 0.05) is 5.75 Å². The summed E-state index contributed by atoms with van der Waals surface area (Å²) in [4.78, 5) is 24.9.